The van der Waals surface area contributed by atoms with Gasteiger partial charge in [0.15, 0.2) is 0 Å². The molecule has 68 valence electrons. The van der Waals surface area contributed by atoms with Gasteiger partial charge in [0.2, 0.25) is 6.61 Å². The minimum absolute atomic E-state index is 0.0428. The first-order valence-corrected chi connectivity index (χ1v) is 3.72. The Labute approximate surface area is 70.0 Å². The van der Waals surface area contributed by atoms with E-state index in [1.54, 1.807) is 0 Å². The molecule has 5 nitrogen and oxygen atoms in total. The van der Waals surface area contributed by atoms with Crippen molar-refractivity contribution in [2.75, 3.05) is 13.2 Å². The van der Waals surface area contributed by atoms with Crippen molar-refractivity contribution in [3.8, 4) is 0 Å². The molecule has 5 heteroatoms. The van der Waals surface area contributed by atoms with Gasteiger partial charge in [0.05, 0.1) is 18.4 Å². The second-order valence-corrected chi connectivity index (χ2v) is 2.51. The molecule has 1 atom stereocenters. The predicted octanol–water partition coefficient (Wildman–Crippen LogP) is 0.252. The average Bonchev–Trinajstić information content (AvgIpc) is 2.36. The number of hydrogen-bond donors (Lipinski definition) is 1. The standard InChI is InChI=1S/C7H11NO4/c1-5-6(2-3-11-5)8-12-4-7(9)10/h5H,2-4H2,1H3,(H,9,10). The number of carboxylic acid groups (broad SMARTS) is 1. The maximum atomic E-state index is 10.0. The summed E-state index contributed by atoms with van der Waals surface area (Å²) in [6, 6.07) is 0. The number of carbonyl (C=O) groups is 1. The van der Waals surface area contributed by atoms with Gasteiger partial charge in [-0.25, -0.2) is 4.79 Å². The lowest BCUT2D eigenvalue weighted by Crippen LogP contribution is -2.12. The molecule has 12 heavy (non-hydrogen) atoms. The molecule has 1 unspecified atom stereocenters. The Bertz CT molecular complexity index is 202. The van der Waals surface area contributed by atoms with Gasteiger partial charge in [0, 0.05) is 6.42 Å². The molecule has 0 aromatic heterocycles. The molecule has 0 aliphatic carbocycles. The molecule has 0 aromatic rings. The van der Waals surface area contributed by atoms with Crippen molar-refractivity contribution in [3.05, 3.63) is 0 Å². The van der Waals surface area contributed by atoms with Crippen molar-refractivity contribution in [2.45, 2.75) is 19.4 Å². The number of hydrogen-bond acceptors (Lipinski definition) is 4. The van der Waals surface area contributed by atoms with E-state index in [0.717, 1.165) is 12.1 Å². The smallest absolute Gasteiger partial charge is 0.344 e. The molecule has 0 amide bonds. The maximum absolute atomic E-state index is 10.0. The van der Waals surface area contributed by atoms with Crippen LogP contribution in [0.2, 0.25) is 0 Å². The summed E-state index contributed by atoms with van der Waals surface area (Å²) in [5.41, 5.74) is 0.774. The highest BCUT2D eigenvalue weighted by Gasteiger charge is 2.18. The van der Waals surface area contributed by atoms with Crippen molar-refractivity contribution < 1.29 is 19.5 Å². The molecule has 1 fully saturated rings. The van der Waals surface area contributed by atoms with E-state index in [4.69, 9.17) is 9.84 Å². The number of oxime groups is 1. The molecular formula is C7H11NO4. The summed E-state index contributed by atoms with van der Waals surface area (Å²) < 4.78 is 5.16. The molecule has 1 rings (SSSR count). The minimum atomic E-state index is -1.02. The lowest BCUT2D eigenvalue weighted by atomic mass is 10.2. The van der Waals surface area contributed by atoms with Crippen molar-refractivity contribution in [1.82, 2.24) is 0 Å². The van der Waals surface area contributed by atoms with Gasteiger partial charge in [-0.2, -0.15) is 0 Å². The molecule has 1 N–H and O–H groups in total. The first-order chi connectivity index (χ1) is 5.70. The molecular weight excluding hydrogens is 162 g/mol. The van der Waals surface area contributed by atoms with Gasteiger partial charge in [-0.3, -0.25) is 0 Å². The van der Waals surface area contributed by atoms with Crippen LogP contribution in [0.1, 0.15) is 13.3 Å². The van der Waals surface area contributed by atoms with Crippen molar-refractivity contribution >= 4 is 11.7 Å². The molecule has 0 bridgehead atoms. The predicted molar refractivity (Wildman–Crippen MR) is 41.1 cm³/mol. The van der Waals surface area contributed by atoms with E-state index in [2.05, 4.69) is 9.99 Å². The SMILES string of the molecule is CC1OCCC1=NOCC(=O)O. The Hall–Kier alpha value is -1.10. The zero-order valence-electron chi connectivity index (χ0n) is 6.82. The van der Waals surface area contributed by atoms with Crippen LogP contribution in [0.3, 0.4) is 0 Å². The second kappa shape index (κ2) is 4.06. The molecule has 0 spiro atoms. The van der Waals surface area contributed by atoms with Crippen LogP contribution >= 0.6 is 0 Å². The maximum Gasteiger partial charge on any atom is 0.344 e. The van der Waals surface area contributed by atoms with Crippen molar-refractivity contribution in [2.24, 2.45) is 5.16 Å². The fourth-order valence-corrected chi connectivity index (χ4v) is 0.930. The number of nitrogens with zero attached hydrogens (tertiary/aromatic N) is 1. The van der Waals surface area contributed by atoms with E-state index in [9.17, 15) is 4.79 Å². The van der Waals surface area contributed by atoms with Gasteiger partial charge in [0.25, 0.3) is 0 Å². The third-order valence-corrected chi connectivity index (χ3v) is 1.57. The molecule has 1 heterocycles. The van der Waals surface area contributed by atoms with Gasteiger partial charge >= 0.3 is 5.97 Å². The van der Waals surface area contributed by atoms with E-state index in [-0.39, 0.29) is 6.10 Å². The van der Waals surface area contributed by atoms with E-state index in [1.165, 1.54) is 0 Å². The largest absolute Gasteiger partial charge is 0.479 e. The summed E-state index contributed by atoms with van der Waals surface area (Å²) in [7, 11) is 0. The molecule has 0 saturated carbocycles. The van der Waals surface area contributed by atoms with Gasteiger partial charge in [-0.05, 0) is 6.92 Å². The summed E-state index contributed by atoms with van der Waals surface area (Å²) in [5, 5.41) is 11.9. The van der Waals surface area contributed by atoms with Crippen LogP contribution in [-0.2, 0) is 14.4 Å². The summed E-state index contributed by atoms with van der Waals surface area (Å²) >= 11 is 0. The lowest BCUT2D eigenvalue weighted by molar-refractivity contribution is -0.142. The summed E-state index contributed by atoms with van der Waals surface area (Å²) in [5.74, 6) is -1.02. The van der Waals surface area contributed by atoms with Crippen molar-refractivity contribution in [3.63, 3.8) is 0 Å². The third-order valence-electron chi connectivity index (χ3n) is 1.57. The fraction of sp³-hybridized carbons (Fsp3) is 0.714. The number of aliphatic carboxylic acids is 1. The average molecular weight is 173 g/mol. The molecule has 1 saturated heterocycles. The van der Waals surface area contributed by atoms with Gasteiger partial charge in [-0.1, -0.05) is 5.16 Å². The van der Waals surface area contributed by atoms with E-state index in [1.807, 2.05) is 6.92 Å². The Morgan fingerprint density at radius 3 is 3.17 bits per heavy atom. The summed E-state index contributed by atoms with van der Waals surface area (Å²) in [4.78, 5) is 14.6. The quantitative estimate of drug-likeness (QED) is 0.621. The van der Waals surface area contributed by atoms with Crippen LogP contribution in [-0.4, -0.2) is 36.1 Å². The summed E-state index contributed by atoms with van der Waals surface area (Å²) in [6.45, 7) is 2.10. The minimum Gasteiger partial charge on any atom is -0.479 e. The highest BCUT2D eigenvalue weighted by Crippen LogP contribution is 2.08. The first kappa shape index (κ1) is 8.99. The normalized spacial score (nSPS) is 26.1. The highest BCUT2D eigenvalue weighted by atomic mass is 16.6. The number of rotatable bonds is 3. The van der Waals surface area contributed by atoms with Crippen LogP contribution in [0.4, 0.5) is 0 Å². The van der Waals surface area contributed by atoms with Crippen molar-refractivity contribution in [1.29, 1.82) is 0 Å². The number of carboxylic acids is 1. The van der Waals surface area contributed by atoms with Crippen LogP contribution < -0.4 is 0 Å². The molecule has 1 aliphatic heterocycles. The van der Waals surface area contributed by atoms with Gasteiger partial charge in [-0.15, -0.1) is 0 Å². The van der Waals surface area contributed by atoms with E-state index >= 15 is 0 Å². The van der Waals surface area contributed by atoms with Gasteiger partial charge < -0.3 is 14.7 Å². The third kappa shape index (κ3) is 2.50. The van der Waals surface area contributed by atoms with Crippen LogP contribution in [0.25, 0.3) is 0 Å². The Morgan fingerprint density at radius 1 is 1.92 bits per heavy atom. The Kier molecular flexibility index (Phi) is 3.04. The van der Waals surface area contributed by atoms with E-state index in [0.29, 0.717) is 6.61 Å². The fourth-order valence-electron chi connectivity index (χ4n) is 0.930. The lowest BCUT2D eigenvalue weighted by Gasteiger charge is -2.01. The second-order valence-electron chi connectivity index (χ2n) is 2.51. The topological polar surface area (TPSA) is 68.1 Å². The number of ether oxygens (including phenoxy) is 1. The zero-order valence-corrected chi connectivity index (χ0v) is 6.82. The van der Waals surface area contributed by atoms with Crippen LogP contribution in [0.5, 0.6) is 0 Å². The van der Waals surface area contributed by atoms with Crippen LogP contribution in [0, 0.1) is 0 Å². The highest BCUT2D eigenvalue weighted by molar-refractivity contribution is 5.89. The first-order valence-electron chi connectivity index (χ1n) is 3.72. The molecule has 1 aliphatic rings. The summed E-state index contributed by atoms with van der Waals surface area (Å²) in [6.07, 6.45) is 0.680. The Morgan fingerprint density at radius 2 is 2.67 bits per heavy atom. The zero-order chi connectivity index (χ0) is 8.97. The van der Waals surface area contributed by atoms with E-state index < -0.39 is 12.6 Å². The van der Waals surface area contributed by atoms with Gasteiger partial charge in [0.1, 0.15) is 0 Å². The molecule has 0 radical (unpaired) electrons. The van der Waals surface area contributed by atoms with Crippen LogP contribution in [0.15, 0.2) is 5.16 Å². The Balaban J connectivity index is 2.31. The molecule has 0 aromatic carbocycles. The monoisotopic (exact) mass is 173 g/mol.